The fraction of sp³-hybridized carbons (Fsp3) is 0.273. The highest BCUT2D eigenvalue weighted by Crippen LogP contribution is 2.65. The van der Waals surface area contributed by atoms with E-state index in [-0.39, 0.29) is 0 Å². The number of fused-ring (bicyclic) bond motifs is 1. The summed E-state index contributed by atoms with van der Waals surface area (Å²) in [6.07, 6.45) is -1.10. The van der Waals surface area contributed by atoms with Gasteiger partial charge in [0.05, 0.1) is 0 Å². The van der Waals surface area contributed by atoms with E-state index in [1.165, 1.54) is 0 Å². The van der Waals surface area contributed by atoms with Gasteiger partial charge < -0.3 is 18.5 Å². The molecular formula is C33H34NO4P. The van der Waals surface area contributed by atoms with Crippen LogP contribution in [0.15, 0.2) is 121 Å². The van der Waals surface area contributed by atoms with Crippen LogP contribution in [-0.4, -0.2) is 36.8 Å². The summed E-state index contributed by atoms with van der Waals surface area (Å²) in [6.45, 7) is 3.94. The topological polar surface area (TPSA) is 40.2 Å². The van der Waals surface area contributed by atoms with E-state index in [4.69, 9.17) is 18.5 Å². The molecule has 200 valence electrons. The van der Waals surface area contributed by atoms with Crippen molar-refractivity contribution in [3.05, 3.63) is 144 Å². The first-order chi connectivity index (χ1) is 18.9. The molecule has 0 N–H and O–H groups in total. The molecule has 4 aromatic carbocycles. The van der Waals surface area contributed by atoms with Gasteiger partial charge in [-0.3, -0.25) is 0 Å². The molecule has 6 rings (SSSR count). The van der Waals surface area contributed by atoms with Crippen molar-refractivity contribution in [3.8, 4) is 0 Å². The first-order valence-corrected chi connectivity index (χ1v) is 14.4. The van der Waals surface area contributed by atoms with Gasteiger partial charge in [-0.05, 0) is 50.2 Å². The van der Waals surface area contributed by atoms with Gasteiger partial charge >= 0.3 is 0 Å². The number of hydrogen-bond donors (Lipinski definition) is 0. The van der Waals surface area contributed by atoms with Crippen molar-refractivity contribution in [3.63, 3.8) is 0 Å². The largest absolute Gasteiger partial charge is 0.341 e. The van der Waals surface area contributed by atoms with Crippen LogP contribution in [0.3, 0.4) is 0 Å². The Labute approximate surface area is 232 Å². The van der Waals surface area contributed by atoms with Gasteiger partial charge in [0.1, 0.15) is 12.2 Å². The van der Waals surface area contributed by atoms with Crippen LogP contribution in [0.2, 0.25) is 0 Å². The molecule has 6 heteroatoms. The number of rotatable bonds is 5. The molecule has 0 amide bonds. The van der Waals surface area contributed by atoms with Gasteiger partial charge in [-0.2, -0.15) is 0 Å². The lowest BCUT2D eigenvalue weighted by Crippen LogP contribution is -2.53. The minimum Gasteiger partial charge on any atom is -0.341 e. The highest BCUT2D eigenvalue weighted by molar-refractivity contribution is 7.44. The molecule has 2 saturated heterocycles. The van der Waals surface area contributed by atoms with E-state index in [1.54, 1.807) is 0 Å². The smallest absolute Gasteiger partial charge is 0.260 e. The van der Waals surface area contributed by atoms with Gasteiger partial charge in [0.2, 0.25) is 0 Å². The standard InChI is InChI=1S/C33H34NO4P/c1-31(2)35-29-30(36-31)33(27-21-13-7-14-22-27,28-23-15-8-16-24-28)38-39(34(3)4)37-32(29,25-17-9-5-10-18-25)26-19-11-6-12-20-26/h5-24,29-30H,1-4H3. The second-order valence-electron chi connectivity index (χ2n) is 10.7. The van der Waals surface area contributed by atoms with Gasteiger partial charge in [0.25, 0.3) is 8.53 Å². The molecule has 4 aromatic rings. The average Bonchev–Trinajstić information content (AvgIpc) is 3.24. The third-order valence-corrected chi connectivity index (χ3v) is 9.02. The maximum atomic E-state index is 7.30. The second kappa shape index (κ2) is 10.3. The molecular weight excluding hydrogens is 505 g/mol. The maximum Gasteiger partial charge on any atom is 0.260 e. The van der Waals surface area contributed by atoms with Crippen molar-refractivity contribution in [2.24, 2.45) is 0 Å². The molecule has 0 saturated carbocycles. The summed E-state index contributed by atoms with van der Waals surface area (Å²) in [5.74, 6) is -0.885. The van der Waals surface area contributed by atoms with Crippen LogP contribution in [0.1, 0.15) is 36.1 Å². The van der Waals surface area contributed by atoms with E-state index >= 15 is 0 Å². The quantitative estimate of drug-likeness (QED) is 0.250. The predicted octanol–water partition coefficient (Wildman–Crippen LogP) is 7.23. The molecule has 0 radical (unpaired) electrons. The average molecular weight is 540 g/mol. The number of hydrogen-bond acceptors (Lipinski definition) is 5. The van der Waals surface area contributed by atoms with Crippen molar-refractivity contribution >= 4 is 8.53 Å². The summed E-state index contributed by atoms with van der Waals surface area (Å²) in [7, 11) is 2.39. The lowest BCUT2D eigenvalue weighted by molar-refractivity contribution is -0.175. The number of benzene rings is 4. The summed E-state index contributed by atoms with van der Waals surface area (Å²) < 4.78 is 30.5. The van der Waals surface area contributed by atoms with Crippen molar-refractivity contribution in [2.45, 2.75) is 43.0 Å². The van der Waals surface area contributed by atoms with Gasteiger partial charge in [0.15, 0.2) is 17.0 Å². The Bertz CT molecular complexity index is 1200. The fourth-order valence-corrected chi connectivity index (χ4v) is 7.32. The Morgan fingerprint density at radius 1 is 0.513 bits per heavy atom. The van der Waals surface area contributed by atoms with E-state index in [0.717, 1.165) is 22.3 Å². The van der Waals surface area contributed by atoms with Crippen LogP contribution in [0, 0.1) is 0 Å². The van der Waals surface area contributed by atoms with E-state index in [0.29, 0.717) is 0 Å². The van der Waals surface area contributed by atoms with Crippen molar-refractivity contribution in [1.82, 2.24) is 4.67 Å². The van der Waals surface area contributed by atoms with E-state index in [1.807, 2.05) is 105 Å². The highest BCUT2D eigenvalue weighted by Gasteiger charge is 2.67. The summed E-state index contributed by atoms with van der Waals surface area (Å²) in [5, 5.41) is 0. The summed E-state index contributed by atoms with van der Waals surface area (Å²) in [4.78, 5) is 0. The van der Waals surface area contributed by atoms with Crippen molar-refractivity contribution < 1.29 is 18.5 Å². The van der Waals surface area contributed by atoms with Crippen LogP contribution < -0.4 is 0 Å². The number of nitrogens with zero attached hydrogens (tertiary/aromatic N) is 1. The van der Waals surface area contributed by atoms with E-state index < -0.39 is 37.7 Å². The molecule has 2 atom stereocenters. The maximum absolute atomic E-state index is 7.30. The van der Waals surface area contributed by atoms with Crippen LogP contribution in [0.5, 0.6) is 0 Å². The van der Waals surface area contributed by atoms with Crippen molar-refractivity contribution in [1.29, 1.82) is 0 Å². The van der Waals surface area contributed by atoms with Gasteiger partial charge in [-0.15, -0.1) is 0 Å². The first-order valence-electron chi connectivity index (χ1n) is 13.3. The van der Waals surface area contributed by atoms with Crippen LogP contribution in [-0.2, 0) is 29.7 Å². The predicted molar refractivity (Wildman–Crippen MR) is 154 cm³/mol. The zero-order valence-electron chi connectivity index (χ0n) is 22.7. The third-order valence-electron chi connectivity index (χ3n) is 7.48. The Kier molecular flexibility index (Phi) is 6.93. The molecule has 5 nitrogen and oxygen atoms in total. The molecule has 0 bridgehead atoms. The van der Waals surface area contributed by atoms with Gasteiger partial charge in [-0.1, -0.05) is 121 Å². The lowest BCUT2D eigenvalue weighted by Gasteiger charge is -2.41. The molecule has 2 heterocycles. The molecule has 2 fully saturated rings. The molecule has 2 aliphatic heterocycles. The van der Waals surface area contributed by atoms with E-state index in [2.05, 4.69) is 48.5 Å². The highest BCUT2D eigenvalue weighted by atomic mass is 31.2. The molecule has 0 aliphatic carbocycles. The summed E-state index contributed by atoms with van der Waals surface area (Å²) in [5.41, 5.74) is 1.93. The SMILES string of the molecule is CN(C)P1OC(c2ccccc2)(c2ccccc2)C2OC(C)(C)OC2C(c2ccccc2)(c2ccccc2)O1. The molecule has 0 spiro atoms. The number of ether oxygens (including phenoxy) is 2. The zero-order valence-corrected chi connectivity index (χ0v) is 23.6. The molecule has 39 heavy (non-hydrogen) atoms. The molecule has 0 aromatic heterocycles. The van der Waals surface area contributed by atoms with Crippen LogP contribution in [0.4, 0.5) is 0 Å². The third kappa shape index (κ3) is 4.44. The van der Waals surface area contributed by atoms with Crippen LogP contribution >= 0.6 is 8.53 Å². The summed E-state index contributed by atoms with van der Waals surface area (Å²) in [6, 6.07) is 41.4. The zero-order chi connectivity index (χ0) is 27.1. The Balaban J connectivity index is 1.71. The van der Waals surface area contributed by atoms with Crippen molar-refractivity contribution in [2.75, 3.05) is 14.1 Å². The van der Waals surface area contributed by atoms with Crippen LogP contribution in [0.25, 0.3) is 0 Å². The Morgan fingerprint density at radius 2 is 0.795 bits per heavy atom. The molecule has 2 aliphatic rings. The lowest BCUT2D eigenvalue weighted by atomic mass is 9.72. The minimum absolute atomic E-state index is 0.551. The van der Waals surface area contributed by atoms with E-state index in [9.17, 15) is 0 Å². The Morgan fingerprint density at radius 3 is 1.05 bits per heavy atom. The second-order valence-corrected chi connectivity index (χ2v) is 12.3. The first kappa shape index (κ1) is 26.3. The fourth-order valence-electron chi connectivity index (χ4n) is 5.83. The van der Waals surface area contributed by atoms with Gasteiger partial charge in [0, 0.05) is 0 Å². The summed E-state index contributed by atoms with van der Waals surface area (Å²) >= 11 is 0. The Hall–Kier alpha value is -2.89. The minimum atomic E-state index is -1.61. The molecule has 2 unspecified atom stereocenters. The normalized spacial score (nSPS) is 25.1. The van der Waals surface area contributed by atoms with Gasteiger partial charge in [-0.25, -0.2) is 4.67 Å². The monoisotopic (exact) mass is 539 g/mol.